The van der Waals surface area contributed by atoms with Gasteiger partial charge in [0.15, 0.2) is 12.3 Å². The molecule has 0 unspecified atom stereocenters. The Morgan fingerprint density at radius 2 is 2.19 bits per heavy atom. The number of nitrogens with one attached hydrogen (secondary N) is 1. The molecule has 1 aromatic heterocycles. The zero-order valence-electron chi connectivity index (χ0n) is 14.4. The summed E-state index contributed by atoms with van der Waals surface area (Å²) in [5.74, 6) is 0.241. The molecule has 2 aromatic rings. The van der Waals surface area contributed by atoms with Gasteiger partial charge in [0.1, 0.15) is 17.8 Å². The standard InChI is InChI=1S/C18H20FN3O4/c1-2-22-9-12(7-17(22)23)8-20-18(24)15-10-26-16(21-15)11-25-14-5-3-13(19)4-6-14/h3-6,10,12H,2,7-9,11H2,1H3,(H,20,24)/t12-/m0/s1. The van der Waals surface area contributed by atoms with Crippen LogP contribution in [0, 0.1) is 11.7 Å². The largest absolute Gasteiger partial charge is 0.484 e. The summed E-state index contributed by atoms with van der Waals surface area (Å²) in [6.45, 7) is 3.72. The molecule has 7 nitrogen and oxygen atoms in total. The lowest BCUT2D eigenvalue weighted by molar-refractivity contribution is -0.127. The highest BCUT2D eigenvalue weighted by Gasteiger charge is 2.28. The Bertz CT molecular complexity index is 775. The van der Waals surface area contributed by atoms with Crippen LogP contribution in [-0.2, 0) is 11.4 Å². The van der Waals surface area contributed by atoms with Crippen LogP contribution in [0.25, 0.3) is 0 Å². The minimum atomic E-state index is -0.357. The van der Waals surface area contributed by atoms with Crippen molar-refractivity contribution >= 4 is 11.8 Å². The Kier molecular flexibility index (Phi) is 5.50. The van der Waals surface area contributed by atoms with E-state index in [2.05, 4.69) is 10.3 Å². The first-order valence-electron chi connectivity index (χ1n) is 8.44. The molecule has 0 aliphatic carbocycles. The van der Waals surface area contributed by atoms with Gasteiger partial charge in [0.25, 0.3) is 5.91 Å². The number of hydrogen-bond acceptors (Lipinski definition) is 5. The lowest BCUT2D eigenvalue weighted by Crippen LogP contribution is -2.31. The van der Waals surface area contributed by atoms with Crippen LogP contribution in [0.15, 0.2) is 34.9 Å². The SMILES string of the molecule is CCN1C[C@H](CNC(=O)c2coc(COc3ccc(F)cc3)n2)CC1=O. The highest BCUT2D eigenvalue weighted by molar-refractivity contribution is 5.92. The van der Waals surface area contributed by atoms with Gasteiger partial charge in [-0.2, -0.15) is 0 Å². The summed E-state index contributed by atoms with van der Waals surface area (Å²) in [4.78, 5) is 29.7. The molecule has 0 bridgehead atoms. The molecule has 1 fully saturated rings. The highest BCUT2D eigenvalue weighted by Crippen LogP contribution is 2.17. The lowest BCUT2D eigenvalue weighted by Gasteiger charge is -2.13. The van der Waals surface area contributed by atoms with Crippen molar-refractivity contribution in [3.63, 3.8) is 0 Å². The van der Waals surface area contributed by atoms with Crippen molar-refractivity contribution in [2.24, 2.45) is 5.92 Å². The third kappa shape index (κ3) is 4.38. The first kappa shape index (κ1) is 17.9. The summed E-state index contributed by atoms with van der Waals surface area (Å²) in [7, 11) is 0. The molecule has 1 aliphatic heterocycles. The van der Waals surface area contributed by atoms with Crippen molar-refractivity contribution < 1.29 is 23.1 Å². The van der Waals surface area contributed by atoms with E-state index in [1.807, 2.05) is 6.92 Å². The fraction of sp³-hybridized carbons (Fsp3) is 0.389. The topological polar surface area (TPSA) is 84.7 Å². The number of hydrogen-bond donors (Lipinski definition) is 1. The van der Waals surface area contributed by atoms with Crippen LogP contribution in [-0.4, -0.2) is 41.3 Å². The average Bonchev–Trinajstić information content (AvgIpc) is 3.25. The maximum Gasteiger partial charge on any atom is 0.273 e. The van der Waals surface area contributed by atoms with Crippen LogP contribution < -0.4 is 10.1 Å². The molecule has 3 rings (SSSR count). The van der Waals surface area contributed by atoms with E-state index < -0.39 is 0 Å². The molecule has 1 aliphatic rings. The van der Waals surface area contributed by atoms with Gasteiger partial charge in [-0.3, -0.25) is 9.59 Å². The van der Waals surface area contributed by atoms with Gasteiger partial charge in [-0.05, 0) is 31.2 Å². The summed E-state index contributed by atoms with van der Waals surface area (Å²) < 4.78 is 23.5. The number of carbonyl (C=O) groups is 2. The fourth-order valence-corrected chi connectivity index (χ4v) is 2.78. The molecule has 2 amide bonds. The van der Waals surface area contributed by atoms with Crippen LogP contribution in [0.4, 0.5) is 4.39 Å². The number of amides is 2. The second kappa shape index (κ2) is 7.99. The highest BCUT2D eigenvalue weighted by atomic mass is 19.1. The molecule has 0 spiro atoms. The number of ether oxygens (including phenoxy) is 1. The van der Waals surface area contributed by atoms with Crippen molar-refractivity contribution in [3.8, 4) is 5.75 Å². The van der Waals surface area contributed by atoms with Crippen molar-refractivity contribution in [1.29, 1.82) is 0 Å². The minimum absolute atomic E-state index is 0.0293. The third-order valence-electron chi connectivity index (χ3n) is 4.19. The van der Waals surface area contributed by atoms with E-state index in [1.54, 1.807) is 4.90 Å². The van der Waals surface area contributed by atoms with E-state index in [0.717, 1.165) is 0 Å². The van der Waals surface area contributed by atoms with Gasteiger partial charge < -0.3 is 19.4 Å². The number of aromatic nitrogens is 1. The summed E-state index contributed by atoms with van der Waals surface area (Å²) in [6.07, 6.45) is 1.71. The second-order valence-corrected chi connectivity index (χ2v) is 6.08. The van der Waals surface area contributed by atoms with Gasteiger partial charge in [0.2, 0.25) is 11.8 Å². The summed E-state index contributed by atoms with van der Waals surface area (Å²) in [6, 6.07) is 5.57. The van der Waals surface area contributed by atoms with E-state index in [-0.39, 0.29) is 41.7 Å². The van der Waals surface area contributed by atoms with Crippen molar-refractivity contribution in [3.05, 3.63) is 47.9 Å². The molecule has 26 heavy (non-hydrogen) atoms. The van der Waals surface area contributed by atoms with Crippen molar-refractivity contribution in [1.82, 2.24) is 15.2 Å². The Balaban J connectivity index is 1.47. The van der Waals surface area contributed by atoms with Crippen molar-refractivity contribution in [2.75, 3.05) is 19.6 Å². The quantitative estimate of drug-likeness (QED) is 0.815. The van der Waals surface area contributed by atoms with E-state index in [1.165, 1.54) is 30.5 Å². The second-order valence-electron chi connectivity index (χ2n) is 6.08. The van der Waals surface area contributed by atoms with Crippen LogP contribution in [0.3, 0.4) is 0 Å². The van der Waals surface area contributed by atoms with Crippen LogP contribution in [0.2, 0.25) is 0 Å². The number of nitrogens with zero attached hydrogens (tertiary/aromatic N) is 2. The minimum Gasteiger partial charge on any atom is -0.484 e. The van der Waals surface area contributed by atoms with Gasteiger partial charge in [0, 0.05) is 32.0 Å². The zero-order valence-corrected chi connectivity index (χ0v) is 14.4. The molecular formula is C18H20FN3O4. The molecule has 0 saturated carbocycles. The summed E-state index contributed by atoms with van der Waals surface area (Å²) in [5, 5.41) is 2.78. The lowest BCUT2D eigenvalue weighted by atomic mass is 10.1. The van der Waals surface area contributed by atoms with E-state index in [4.69, 9.17) is 9.15 Å². The molecule has 1 saturated heterocycles. The molecular weight excluding hydrogens is 341 g/mol. The molecule has 8 heteroatoms. The Labute approximate surface area is 150 Å². The van der Waals surface area contributed by atoms with Gasteiger partial charge in [-0.1, -0.05) is 0 Å². The number of benzene rings is 1. The molecule has 0 radical (unpaired) electrons. The van der Waals surface area contributed by atoms with Crippen LogP contribution >= 0.6 is 0 Å². The number of likely N-dealkylation sites (tertiary alicyclic amines) is 1. The van der Waals surface area contributed by atoms with Crippen LogP contribution in [0.5, 0.6) is 5.75 Å². The number of carbonyl (C=O) groups excluding carboxylic acids is 2. The maximum atomic E-state index is 12.8. The van der Waals surface area contributed by atoms with Gasteiger partial charge >= 0.3 is 0 Å². The predicted molar refractivity (Wildman–Crippen MR) is 89.9 cm³/mol. The number of rotatable bonds is 7. The Morgan fingerprint density at radius 3 is 2.88 bits per heavy atom. The molecule has 1 aromatic carbocycles. The van der Waals surface area contributed by atoms with Crippen molar-refractivity contribution in [2.45, 2.75) is 20.0 Å². The third-order valence-corrected chi connectivity index (χ3v) is 4.19. The average molecular weight is 361 g/mol. The smallest absolute Gasteiger partial charge is 0.273 e. The van der Waals surface area contributed by atoms with Gasteiger partial charge in [-0.25, -0.2) is 9.37 Å². The molecule has 2 heterocycles. The van der Waals surface area contributed by atoms with Crippen LogP contribution in [0.1, 0.15) is 29.7 Å². The van der Waals surface area contributed by atoms with Gasteiger partial charge in [-0.15, -0.1) is 0 Å². The zero-order chi connectivity index (χ0) is 18.5. The Morgan fingerprint density at radius 1 is 1.42 bits per heavy atom. The van der Waals surface area contributed by atoms with E-state index >= 15 is 0 Å². The van der Waals surface area contributed by atoms with E-state index in [9.17, 15) is 14.0 Å². The maximum absolute atomic E-state index is 12.8. The monoisotopic (exact) mass is 361 g/mol. The Hall–Kier alpha value is -2.90. The predicted octanol–water partition coefficient (Wildman–Crippen LogP) is 1.99. The van der Waals surface area contributed by atoms with Gasteiger partial charge in [0.05, 0.1) is 0 Å². The molecule has 1 N–H and O–H groups in total. The number of halogens is 1. The van der Waals surface area contributed by atoms with E-state index in [0.29, 0.717) is 31.8 Å². The normalized spacial score (nSPS) is 16.8. The fourth-order valence-electron chi connectivity index (χ4n) is 2.78. The molecule has 1 atom stereocenters. The summed E-state index contributed by atoms with van der Waals surface area (Å²) >= 11 is 0. The molecule has 138 valence electrons. The summed E-state index contributed by atoms with van der Waals surface area (Å²) in [5.41, 5.74) is 0.152. The first-order chi connectivity index (χ1) is 12.5. The number of oxazole rings is 1. The first-order valence-corrected chi connectivity index (χ1v) is 8.44.